The third-order valence-corrected chi connectivity index (χ3v) is 1.78. The monoisotopic (exact) mass is 230 g/mol. The van der Waals surface area contributed by atoms with Crippen molar-refractivity contribution in [2.75, 3.05) is 26.7 Å². The minimum atomic E-state index is -0.398. The SMILES string of the molecule is CNC(=O)CNC(=O)CNC(=O)CCCN. The summed E-state index contributed by atoms with van der Waals surface area (Å²) in [5.74, 6) is -0.909. The topological polar surface area (TPSA) is 113 Å². The lowest BCUT2D eigenvalue weighted by Gasteiger charge is -2.05. The van der Waals surface area contributed by atoms with E-state index in [-0.39, 0.29) is 24.9 Å². The molecule has 0 aliphatic carbocycles. The van der Waals surface area contributed by atoms with E-state index in [1.165, 1.54) is 7.05 Å². The maximum Gasteiger partial charge on any atom is 0.239 e. The molecule has 0 fully saturated rings. The molecule has 92 valence electrons. The first-order valence-electron chi connectivity index (χ1n) is 5.04. The van der Waals surface area contributed by atoms with E-state index in [9.17, 15) is 14.4 Å². The second-order valence-corrected chi connectivity index (χ2v) is 3.12. The molecular formula is C9H18N4O3. The first kappa shape index (κ1) is 14.4. The molecule has 3 amide bonds. The number of nitrogens with one attached hydrogen (secondary N) is 3. The first-order chi connectivity index (χ1) is 7.60. The lowest BCUT2D eigenvalue weighted by Crippen LogP contribution is -2.41. The summed E-state index contributed by atoms with van der Waals surface area (Å²) in [4.78, 5) is 33.0. The lowest BCUT2D eigenvalue weighted by atomic mass is 10.3. The predicted octanol–water partition coefficient (Wildman–Crippen LogP) is -2.30. The van der Waals surface area contributed by atoms with E-state index < -0.39 is 5.91 Å². The van der Waals surface area contributed by atoms with Crippen molar-refractivity contribution in [3.63, 3.8) is 0 Å². The fourth-order valence-electron chi connectivity index (χ4n) is 0.860. The molecule has 0 aliphatic heterocycles. The van der Waals surface area contributed by atoms with E-state index in [1.807, 2.05) is 0 Å². The number of amides is 3. The van der Waals surface area contributed by atoms with Crippen LogP contribution < -0.4 is 21.7 Å². The van der Waals surface area contributed by atoms with Crippen molar-refractivity contribution in [1.82, 2.24) is 16.0 Å². The standard InChI is InChI=1S/C9H18N4O3/c1-11-8(15)5-13-9(16)6-12-7(14)3-2-4-10/h2-6,10H2,1H3,(H,11,15)(H,12,14)(H,13,16). The zero-order valence-corrected chi connectivity index (χ0v) is 9.34. The summed E-state index contributed by atoms with van der Waals surface area (Å²) in [6, 6.07) is 0. The zero-order valence-electron chi connectivity index (χ0n) is 9.34. The minimum Gasteiger partial charge on any atom is -0.358 e. The Morgan fingerprint density at radius 1 is 1.00 bits per heavy atom. The van der Waals surface area contributed by atoms with Gasteiger partial charge < -0.3 is 21.7 Å². The molecular weight excluding hydrogens is 212 g/mol. The van der Waals surface area contributed by atoms with Crippen molar-refractivity contribution in [1.29, 1.82) is 0 Å². The van der Waals surface area contributed by atoms with Gasteiger partial charge in [0.1, 0.15) is 0 Å². The van der Waals surface area contributed by atoms with Gasteiger partial charge in [-0.3, -0.25) is 14.4 Å². The number of likely N-dealkylation sites (N-methyl/N-ethyl adjacent to an activating group) is 1. The van der Waals surface area contributed by atoms with Crippen LogP contribution in [0.1, 0.15) is 12.8 Å². The maximum absolute atomic E-state index is 11.1. The van der Waals surface area contributed by atoms with Crippen molar-refractivity contribution in [2.45, 2.75) is 12.8 Å². The molecule has 0 bridgehead atoms. The van der Waals surface area contributed by atoms with Gasteiger partial charge in [0, 0.05) is 13.5 Å². The minimum absolute atomic E-state index is 0.0893. The van der Waals surface area contributed by atoms with Crippen LogP contribution in [-0.2, 0) is 14.4 Å². The molecule has 0 aliphatic rings. The van der Waals surface area contributed by atoms with Crippen molar-refractivity contribution in [3.8, 4) is 0 Å². The Morgan fingerprint density at radius 2 is 1.56 bits per heavy atom. The van der Waals surface area contributed by atoms with Gasteiger partial charge in [0.2, 0.25) is 17.7 Å². The van der Waals surface area contributed by atoms with E-state index in [0.717, 1.165) is 0 Å². The highest BCUT2D eigenvalue weighted by atomic mass is 16.2. The van der Waals surface area contributed by atoms with Crippen molar-refractivity contribution in [3.05, 3.63) is 0 Å². The molecule has 0 heterocycles. The van der Waals surface area contributed by atoms with Gasteiger partial charge in [0.05, 0.1) is 13.1 Å². The molecule has 0 radical (unpaired) electrons. The number of carbonyl (C=O) groups is 3. The highest BCUT2D eigenvalue weighted by Crippen LogP contribution is 1.84. The molecule has 0 spiro atoms. The van der Waals surface area contributed by atoms with Crippen LogP contribution in [0.25, 0.3) is 0 Å². The smallest absolute Gasteiger partial charge is 0.239 e. The van der Waals surface area contributed by atoms with Crippen LogP contribution in [0, 0.1) is 0 Å². The number of rotatable bonds is 7. The maximum atomic E-state index is 11.1. The van der Waals surface area contributed by atoms with Crippen molar-refractivity contribution >= 4 is 17.7 Å². The van der Waals surface area contributed by atoms with Gasteiger partial charge in [-0.1, -0.05) is 0 Å². The molecule has 0 aromatic rings. The molecule has 0 atom stereocenters. The molecule has 7 heteroatoms. The summed E-state index contributed by atoms with van der Waals surface area (Å²) < 4.78 is 0. The van der Waals surface area contributed by atoms with Gasteiger partial charge >= 0.3 is 0 Å². The number of hydrogen-bond donors (Lipinski definition) is 4. The molecule has 0 aromatic carbocycles. The Balaban J connectivity index is 3.57. The first-order valence-corrected chi connectivity index (χ1v) is 5.04. The third kappa shape index (κ3) is 7.74. The molecule has 5 N–H and O–H groups in total. The van der Waals surface area contributed by atoms with Crippen LogP contribution in [0.5, 0.6) is 0 Å². The van der Waals surface area contributed by atoms with Gasteiger partial charge in [-0.2, -0.15) is 0 Å². The zero-order chi connectivity index (χ0) is 12.4. The fraction of sp³-hybridized carbons (Fsp3) is 0.667. The second-order valence-electron chi connectivity index (χ2n) is 3.12. The lowest BCUT2D eigenvalue weighted by molar-refractivity contribution is -0.127. The summed E-state index contributed by atoms with van der Waals surface area (Å²) in [7, 11) is 1.48. The van der Waals surface area contributed by atoms with E-state index in [2.05, 4.69) is 16.0 Å². The molecule has 0 unspecified atom stereocenters. The highest BCUT2D eigenvalue weighted by Gasteiger charge is 2.06. The normalized spacial score (nSPS) is 9.38. The van der Waals surface area contributed by atoms with E-state index in [0.29, 0.717) is 19.4 Å². The van der Waals surface area contributed by atoms with Crippen LogP contribution in [-0.4, -0.2) is 44.4 Å². The molecule has 7 nitrogen and oxygen atoms in total. The highest BCUT2D eigenvalue weighted by molar-refractivity contribution is 5.88. The van der Waals surface area contributed by atoms with Gasteiger partial charge in [0.15, 0.2) is 0 Å². The van der Waals surface area contributed by atoms with E-state index in [4.69, 9.17) is 5.73 Å². The van der Waals surface area contributed by atoms with Crippen molar-refractivity contribution in [2.24, 2.45) is 5.73 Å². The quantitative estimate of drug-likeness (QED) is 0.394. The predicted molar refractivity (Wildman–Crippen MR) is 58.4 cm³/mol. The molecule has 16 heavy (non-hydrogen) atoms. The summed E-state index contributed by atoms with van der Waals surface area (Å²) in [6.07, 6.45) is 0.894. The second kappa shape index (κ2) is 8.66. The molecule has 0 rings (SSSR count). The largest absolute Gasteiger partial charge is 0.358 e. The Kier molecular flexibility index (Phi) is 7.78. The molecule has 0 saturated carbocycles. The van der Waals surface area contributed by atoms with Gasteiger partial charge in [-0.05, 0) is 13.0 Å². The Morgan fingerprint density at radius 3 is 2.12 bits per heavy atom. The Bertz CT molecular complexity index is 255. The van der Waals surface area contributed by atoms with E-state index in [1.54, 1.807) is 0 Å². The van der Waals surface area contributed by atoms with Gasteiger partial charge in [-0.25, -0.2) is 0 Å². The van der Waals surface area contributed by atoms with Crippen LogP contribution in [0.3, 0.4) is 0 Å². The summed E-state index contributed by atoms with van der Waals surface area (Å²) in [5, 5.41) is 7.13. The van der Waals surface area contributed by atoms with E-state index >= 15 is 0 Å². The van der Waals surface area contributed by atoms with Crippen LogP contribution in [0.4, 0.5) is 0 Å². The van der Waals surface area contributed by atoms with Crippen LogP contribution in [0.2, 0.25) is 0 Å². The van der Waals surface area contributed by atoms with Crippen LogP contribution >= 0.6 is 0 Å². The number of carbonyl (C=O) groups excluding carboxylic acids is 3. The molecule has 0 aromatic heterocycles. The van der Waals surface area contributed by atoms with Crippen molar-refractivity contribution < 1.29 is 14.4 Å². The Hall–Kier alpha value is -1.63. The fourth-order valence-corrected chi connectivity index (χ4v) is 0.860. The third-order valence-electron chi connectivity index (χ3n) is 1.78. The van der Waals surface area contributed by atoms with Gasteiger partial charge in [-0.15, -0.1) is 0 Å². The Labute approximate surface area is 94.1 Å². The average Bonchev–Trinajstić information content (AvgIpc) is 2.30. The number of nitrogens with two attached hydrogens (primary N) is 1. The summed E-state index contributed by atoms with van der Waals surface area (Å²) in [6.45, 7) is 0.227. The van der Waals surface area contributed by atoms with Gasteiger partial charge in [0.25, 0.3) is 0 Å². The summed E-state index contributed by atoms with van der Waals surface area (Å²) in [5.41, 5.74) is 5.23. The molecule has 0 saturated heterocycles. The van der Waals surface area contributed by atoms with Crippen LogP contribution in [0.15, 0.2) is 0 Å². The number of hydrogen-bond acceptors (Lipinski definition) is 4. The average molecular weight is 230 g/mol. The summed E-state index contributed by atoms with van der Waals surface area (Å²) >= 11 is 0.